The Hall–Kier alpha value is -3.34. The predicted octanol–water partition coefficient (Wildman–Crippen LogP) is 0.588. The number of aldehydes is 1. The van der Waals surface area contributed by atoms with Gasteiger partial charge >= 0.3 is 0 Å². The number of benzene rings is 1. The second-order valence-electron chi connectivity index (χ2n) is 6.37. The number of fused-ring (bicyclic) bond motifs is 1. The Morgan fingerprint density at radius 2 is 1.92 bits per heavy atom. The van der Waals surface area contributed by atoms with Crippen LogP contribution >= 0.6 is 0 Å². The Balaban J connectivity index is 2.00. The first-order chi connectivity index (χ1) is 12.6. The summed E-state index contributed by atoms with van der Waals surface area (Å²) in [6.07, 6.45) is 2.87. The summed E-state index contributed by atoms with van der Waals surface area (Å²) in [4.78, 5) is 23.0. The molecule has 1 aromatic carbocycles. The molecule has 26 heavy (non-hydrogen) atoms. The van der Waals surface area contributed by atoms with Gasteiger partial charge in [0.2, 0.25) is 0 Å². The zero-order chi connectivity index (χ0) is 18.3. The van der Waals surface area contributed by atoms with Crippen molar-refractivity contribution in [2.24, 2.45) is 4.99 Å². The second kappa shape index (κ2) is 6.19. The van der Waals surface area contributed by atoms with E-state index in [-0.39, 0.29) is 0 Å². The van der Waals surface area contributed by atoms with Crippen LogP contribution in [0.5, 0.6) is 5.75 Å². The average molecular weight is 345 g/mol. The van der Waals surface area contributed by atoms with Crippen LogP contribution < -0.4 is 26.0 Å². The van der Waals surface area contributed by atoms with E-state index in [1.807, 2.05) is 43.3 Å². The van der Waals surface area contributed by atoms with Crippen molar-refractivity contribution in [3.63, 3.8) is 0 Å². The third-order valence-corrected chi connectivity index (χ3v) is 4.56. The number of nitrogens with one attached hydrogen (secondary N) is 2. The van der Waals surface area contributed by atoms with Gasteiger partial charge in [-0.05, 0) is 37.6 Å². The number of hydrogen-bond donors (Lipinski definition) is 2. The number of H-pyrrole nitrogens is 2. The smallest absolute Gasteiger partial charge is 0.152 e. The van der Waals surface area contributed by atoms with Crippen LogP contribution in [0.3, 0.4) is 0 Å². The summed E-state index contributed by atoms with van der Waals surface area (Å²) in [5.74, 6) is 0.704. The summed E-state index contributed by atoms with van der Waals surface area (Å²) in [5.41, 5.74) is 4.50. The third kappa shape index (κ3) is 2.58. The van der Waals surface area contributed by atoms with Gasteiger partial charge < -0.3 is 14.7 Å². The molecule has 0 atom stereocenters. The summed E-state index contributed by atoms with van der Waals surface area (Å²) in [6.45, 7) is 4.08. The molecule has 0 saturated heterocycles. The summed E-state index contributed by atoms with van der Waals surface area (Å²) in [5, 5.41) is 3.25. The van der Waals surface area contributed by atoms with Crippen molar-refractivity contribution in [1.82, 2.24) is 9.97 Å². The van der Waals surface area contributed by atoms with Gasteiger partial charge in [0.05, 0.1) is 34.4 Å². The first-order valence-corrected chi connectivity index (χ1v) is 8.39. The highest BCUT2D eigenvalue weighted by Crippen LogP contribution is 2.13. The van der Waals surface area contributed by atoms with Crippen LogP contribution in [-0.2, 0) is 4.79 Å². The summed E-state index contributed by atoms with van der Waals surface area (Å²) in [7, 11) is 1.63. The number of carbonyl (C=O) groups is 1. The number of nitrogens with zero attached hydrogens (tertiary/aromatic N) is 1. The number of aromatic amines is 2. The van der Waals surface area contributed by atoms with Crippen molar-refractivity contribution in [1.29, 1.82) is 0 Å². The number of methoxy groups -OCH3 is 1. The molecule has 3 aromatic rings. The monoisotopic (exact) mass is 345 g/mol. The van der Waals surface area contributed by atoms with Gasteiger partial charge in [-0.15, -0.1) is 0 Å². The minimum absolute atomic E-state index is 0.586. The van der Waals surface area contributed by atoms with Gasteiger partial charge in [0.25, 0.3) is 0 Å². The van der Waals surface area contributed by atoms with E-state index in [0.29, 0.717) is 17.0 Å². The maximum absolute atomic E-state index is 11.7. The van der Waals surface area contributed by atoms with Crippen LogP contribution in [0, 0.1) is 13.8 Å². The molecule has 0 amide bonds. The minimum Gasteiger partial charge on any atom is -0.494 e. The van der Waals surface area contributed by atoms with Crippen molar-refractivity contribution < 1.29 is 9.53 Å². The molecule has 0 unspecified atom stereocenters. The molecule has 2 aromatic heterocycles. The van der Waals surface area contributed by atoms with Gasteiger partial charge in [-0.25, -0.2) is 4.99 Å². The SMILES string of the molecule is COc1c/c(=C2/N=c3ccccc3=C2C=O)[nH]/c1=C\c1[nH]c(C)cc1C. The number of hydrogen-bond acceptors (Lipinski definition) is 3. The van der Waals surface area contributed by atoms with Crippen LogP contribution in [0.1, 0.15) is 17.0 Å². The molecular weight excluding hydrogens is 326 g/mol. The number of ether oxygens (including phenoxy) is 1. The number of aryl methyl sites for hydroxylation is 2. The van der Waals surface area contributed by atoms with Gasteiger partial charge in [0.15, 0.2) is 6.29 Å². The van der Waals surface area contributed by atoms with Crippen molar-refractivity contribution in [3.05, 3.63) is 74.6 Å². The molecule has 4 rings (SSSR count). The summed E-state index contributed by atoms with van der Waals surface area (Å²) < 4.78 is 5.52. The Kier molecular flexibility index (Phi) is 3.84. The lowest BCUT2D eigenvalue weighted by Crippen LogP contribution is -2.22. The second-order valence-corrected chi connectivity index (χ2v) is 6.37. The molecule has 0 aliphatic carbocycles. The molecule has 0 spiro atoms. The van der Waals surface area contributed by atoms with E-state index in [9.17, 15) is 4.79 Å². The van der Waals surface area contributed by atoms with Gasteiger partial charge in [-0.2, -0.15) is 0 Å². The predicted molar refractivity (Wildman–Crippen MR) is 101 cm³/mol. The fourth-order valence-electron chi connectivity index (χ4n) is 3.33. The Morgan fingerprint density at radius 1 is 1.12 bits per heavy atom. The molecule has 0 bridgehead atoms. The number of rotatable bonds is 3. The van der Waals surface area contributed by atoms with Gasteiger partial charge in [-0.1, -0.05) is 18.2 Å². The van der Waals surface area contributed by atoms with Crippen LogP contribution in [0.25, 0.3) is 17.3 Å². The zero-order valence-corrected chi connectivity index (χ0v) is 14.9. The third-order valence-electron chi connectivity index (χ3n) is 4.56. The van der Waals surface area contributed by atoms with E-state index in [2.05, 4.69) is 28.0 Å². The standard InChI is InChI=1S/C21H19N3O2/c1-12-8-13(2)22-17(12)9-18-20(26-3)10-19(23-18)21-15(11-25)14-6-4-5-7-16(14)24-21/h4-11,22-23H,1-3H3/b18-9-,21-19-. The maximum Gasteiger partial charge on any atom is 0.152 e. The number of aromatic nitrogens is 2. The van der Waals surface area contributed by atoms with E-state index >= 15 is 0 Å². The average Bonchev–Trinajstić information content (AvgIpc) is 3.29. The molecule has 0 radical (unpaired) electrons. The molecule has 2 N–H and O–H groups in total. The largest absolute Gasteiger partial charge is 0.494 e. The molecule has 1 aliphatic heterocycles. The van der Waals surface area contributed by atoms with E-state index in [4.69, 9.17) is 4.74 Å². The van der Waals surface area contributed by atoms with E-state index < -0.39 is 0 Å². The Labute approximate surface area is 150 Å². The van der Waals surface area contributed by atoms with Crippen LogP contribution in [-0.4, -0.2) is 23.4 Å². The highest BCUT2D eigenvalue weighted by Gasteiger charge is 2.14. The van der Waals surface area contributed by atoms with Crippen molar-refractivity contribution >= 4 is 23.6 Å². The minimum atomic E-state index is 0.586. The topological polar surface area (TPSA) is 70.2 Å². The van der Waals surface area contributed by atoms with E-state index in [0.717, 1.165) is 44.5 Å². The summed E-state index contributed by atoms with van der Waals surface area (Å²) >= 11 is 0. The molecule has 5 nitrogen and oxygen atoms in total. The fourth-order valence-corrected chi connectivity index (χ4v) is 3.33. The molecule has 1 aliphatic rings. The van der Waals surface area contributed by atoms with Crippen LogP contribution in [0.4, 0.5) is 0 Å². The molecule has 0 fully saturated rings. The zero-order valence-electron chi connectivity index (χ0n) is 14.9. The molecule has 5 heteroatoms. The highest BCUT2D eigenvalue weighted by atomic mass is 16.5. The first kappa shape index (κ1) is 16.1. The lowest BCUT2D eigenvalue weighted by atomic mass is 10.1. The van der Waals surface area contributed by atoms with Crippen molar-refractivity contribution in [2.75, 3.05) is 7.11 Å². The quantitative estimate of drug-likeness (QED) is 0.682. The van der Waals surface area contributed by atoms with Crippen molar-refractivity contribution in [2.45, 2.75) is 13.8 Å². The molecule has 130 valence electrons. The lowest BCUT2D eigenvalue weighted by Gasteiger charge is -1.94. The highest BCUT2D eigenvalue weighted by molar-refractivity contribution is 6.17. The van der Waals surface area contributed by atoms with Crippen LogP contribution in [0.15, 0.2) is 41.4 Å². The first-order valence-electron chi connectivity index (χ1n) is 8.39. The van der Waals surface area contributed by atoms with E-state index in [1.165, 1.54) is 0 Å². The lowest BCUT2D eigenvalue weighted by molar-refractivity contribution is -0.103. The molecule has 3 heterocycles. The molecule has 0 saturated carbocycles. The Morgan fingerprint density at radius 3 is 2.62 bits per heavy atom. The fraction of sp³-hybridized carbons (Fsp3) is 0.143. The van der Waals surface area contributed by atoms with Gasteiger partial charge in [-0.3, -0.25) is 4.79 Å². The van der Waals surface area contributed by atoms with Crippen molar-refractivity contribution in [3.8, 4) is 5.75 Å². The van der Waals surface area contributed by atoms with E-state index in [1.54, 1.807) is 7.11 Å². The van der Waals surface area contributed by atoms with Gasteiger partial charge in [0.1, 0.15) is 5.75 Å². The number of para-hydroxylation sites is 1. The van der Waals surface area contributed by atoms with Gasteiger partial charge in [0, 0.05) is 22.7 Å². The van der Waals surface area contributed by atoms with Crippen LogP contribution in [0.2, 0.25) is 0 Å². The molecular formula is C21H19N3O2. The Bertz CT molecular complexity index is 1260. The normalized spacial score (nSPS) is 15.8. The maximum atomic E-state index is 11.7. The summed E-state index contributed by atoms with van der Waals surface area (Å²) in [6, 6.07) is 11.6. The number of carbonyl (C=O) groups excluding carboxylic acids is 1.